The molecule has 1 atom stereocenters. The zero-order valence-electron chi connectivity index (χ0n) is 7.57. The summed E-state index contributed by atoms with van der Waals surface area (Å²) in [7, 11) is 0. The molecule has 1 unspecified atom stereocenters. The smallest absolute Gasteiger partial charge is 0.348 e. The second-order valence-electron chi connectivity index (χ2n) is 2.82. The molecule has 0 aliphatic heterocycles. The average Bonchev–Trinajstić information content (AvgIpc) is 2.03. The van der Waals surface area contributed by atoms with Crippen LogP contribution in [-0.2, 0) is 4.79 Å². The Kier molecular flexibility index (Phi) is 4.59. The van der Waals surface area contributed by atoms with E-state index < -0.39 is 24.3 Å². The molecule has 1 N–H and O–H groups in total. The number of alkyl halides is 4. The van der Waals surface area contributed by atoms with Gasteiger partial charge in [0.1, 0.15) is 0 Å². The molecule has 0 aromatic heterocycles. The first kappa shape index (κ1) is 12.9. The molecule has 0 saturated heterocycles. The number of carbonyl (C=O) groups excluding carboxylic acids is 1. The van der Waals surface area contributed by atoms with Crippen molar-refractivity contribution in [3.63, 3.8) is 0 Å². The third kappa shape index (κ3) is 3.35. The fourth-order valence-electron chi connectivity index (χ4n) is 0.728. The highest BCUT2D eigenvalue weighted by Gasteiger charge is 2.49. The molecule has 0 aromatic rings. The van der Waals surface area contributed by atoms with Gasteiger partial charge < -0.3 is 5.32 Å². The van der Waals surface area contributed by atoms with Crippen LogP contribution in [0.2, 0.25) is 0 Å². The van der Waals surface area contributed by atoms with Crippen molar-refractivity contribution in [1.29, 1.82) is 0 Å². The summed E-state index contributed by atoms with van der Waals surface area (Å²) >= 11 is 0. The Morgan fingerprint density at radius 3 is 2.43 bits per heavy atom. The summed E-state index contributed by atoms with van der Waals surface area (Å²) in [5.41, 5.74) is 0. The first-order valence-electron chi connectivity index (χ1n) is 3.90. The maximum atomic E-state index is 12.4. The zero-order chi connectivity index (χ0) is 11.4. The number of rotatable bonds is 5. The second-order valence-corrected chi connectivity index (χ2v) is 2.82. The third-order valence-electron chi connectivity index (χ3n) is 1.47. The Labute approximate surface area is 79.0 Å². The number of hydrogen-bond donors (Lipinski definition) is 1. The van der Waals surface area contributed by atoms with E-state index in [1.165, 1.54) is 13.0 Å². The van der Waals surface area contributed by atoms with Gasteiger partial charge in [-0.3, -0.25) is 4.79 Å². The molecule has 0 spiro atoms. The summed E-state index contributed by atoms with van der Waals surface area (Å²) < 4.78 is 48.0. The van der Waals surface area contributed by atoms with E-state index in [4.69, 9.17) is 0 Å². The van der Waals surface area contributed by atoms with E-state index in [1.807, 2.05) is 0 Å². The van der Waals surface area contributed by atoms with Gasteiger partial charge in [-0.25, -0.2) is 8.78 Å². The number of nitrogens with one attached hydrogen (secondary N) is 1. The van der Waals surface area contributed by atoms with Gasteiger partial charge >= 0.3 is 12.3 Å². The van der Waals surface area contributed by atoms with Crippen molar-refractivity contribution in [3.05, 3.63) is 12.7 Å². The van der Waals surface area contributed by atoms with Crippen molar-refractivity contribution in [2.24, 2.45) is 0 Å². The van der Waals surface area contributed by atoms with Crippen molar-refractivity contribution in [2.45, 2.75) is 31.7 Å². The Morgan fingerprint density at radius 2 is 2.07 bits per heavy atom. The summed E-state index contributed by atoms with van der Waals surface area (Å²) in [5.74, 6) is -6.59. The summed E-state index contributed by atoms with van der Waals surface area (Å²) in [6.45, 7) is 4.74. The highest BCUT2D eigenvalue weighted by molar-refractivity contribution is 5.84. The minimum atomic E-state index is -4.63. The molecule has 0 bridgehead atoms. The predicted molar refractivity (Wildman–Crippen MR) is 43.4 cm³/mol. The van der Waals surface area contributed by atoms with Gasteiger partial charge in [-0.15, -0.1) is 6.58 Å². The highest BCUT2D eigenvalue weighted by Crippen LogP contribution is 2.22. The van der Waals surface area contributed by atoms with Crippen LogP contribution in [0.5, 0.6) is 0 Å². The quantitative estimate of drug-likeness (QED) is 0.549. The van der Waals surface area contributed by atoms with Gasteiger partial charge in [-0.2, -0.15) is 8.78 Å². The van der Waals surface area contributed by atoms with Gasteiger partial charge in [0.25, 0.3) is 5.91 Å². The lowest BCUT2D eigenvalue weighted by Gasteiger charge is -2.18. The fraction of sp³-hybridized carbons (Fsp3) is 0.625. The molecule has 6 heteroatoms. The fourth-order valence-corrected chi connectivity index (χ4v) is 0.728. The Hall–Kier alpha value is -1.07. The molecule has 0 aliphatic carbocycles. The maximum absolute atomic E-state index is 12.4. The van der Waals surface area contributed by atoms with Crippen LogP contribution < -0.4 is 5.32 Å². The SMILES string of the molecule is C=CCC(C)NC(=O)C(F)(F)C(F)F. The second kappa shape index (κ2) is 4.97. The molecule has 2 nitrogen and oxygen atoms in total. The third-order valence-corrected chi connectivity index (χ3v) is 1.47. The largest absolute Gasteiger partial charge is 0.383 e. The van der Waals surface area contributed by atoms with E-state index in [2.05, 4.69) is 6.58 Å². The molecule has 0 aliphatic rings. The van der Waals surface area contributed by atoms with E-state index >= 15 is 0 Å². The van der Waals surface area contributed by atoms with Crippen LogP contribution in [0.25, 0.3) is 0 Å². The number of hydrogen-bond acceptors (Lipinski definition) is 1. The van der Waals surface area contributed by atoms with Gasteiger partial charge in [0, 0.05) is 6.04 Å². The van der Waals surface area contributed by atoms with Gasteiger partial charge in [-0.1, -0.05) is 6.08 Å². The molecule has 0 heterocycles. The van der Waals surface area contributed by atoms with Crippen LogP contribution in [0.1, 0.15) is 13.3 Å². The van der Waals surface area contributed by atoms with E-state index in [-0.39, 0.29) is 6.42 Å². The van der Waals surface area contributed by atoms with Gasteiger partial charge in [0.2, 0.25) is 0 Å². The normalized spacial score (nSPS) is 13.9. The molecule has 0 aromatic carbocycles. The number of halogens is 4. The molecular weight excluding hydrogens is 202 g/mol. The van der Waals surface area contributed by atoms with E-state index in [0.717, 1.165) is 0 Å². The summed E-state index contributed by atoms with van der Waals surface area (Å²) in [6, 6.07) is -0.635. The van der Waals surface area contributed by atoms with E-state index in [0.29, 0.717) is 0 Å². The van der Waals surface area contributed by atoms with E-state index in [1.54, 1.807) is 5.32 Å². The van der Waals surface area contributed by atoms with Crippen LogP contribution in [0.15, 0.2) is 12.7 Å². The lowest BCUT2D eigenvalue weighted by Crippen LogP contribution is -2.48. The highest BCUT2D eigenvalue weighted by atomic mass is 19.3. The van der Waals surface area contributed by atoms with Gasteiger partial charge in [0.05, 0.1) is 0 Å². The van der Waals surface area contributed by atoms with Crippen molar-refractivity contribution in [2.75, 3.05) is 0 Å². The average molecular weight is 213 g/mol. The van der Waals surface area contributed by atoms with Crippen LogP contribution in [0.3, 0.4) is 0 Å². The van der Waals surface area contributed by atoms with Crippen LogP contribution in [-0.4, -0.2) is 24.3 Å². The first-order chi connectivity index (χ1) is 6.32. The number of carbonyl (C=O) groups is 1. The molecule has 1 amide bonds. The van der Waals surface area contributed by atoms with Gasteiger partial charge in [-0.05, 0) is 13.3 Å². The molecule has 14 heavy (non-hydrogen) atoms. The van der Waals surface area contributed by atoms with Crippen molar-refractivity contribution in [3.8, 4) is 0 Å². The summed E-state index contributed by atoms with van der Waals surface area (Å²) in [4.78, 5) is 10.6. The van der Waals surface area contributed by atoms with Crippen LogP contribution in [0, 0.1) is 0 Å². The summed E-state index contributed by atoms with van der Waals surface area (Å²) in [6.07, 6.45) is -2.35. The predicted octanol–water partition coefficient (Wildman–Crippen LogP) is 1.97. The topological polar surface area (TPSA) is 29.1 Å². The molecule has 82 valence electrons. The summed E-state index contributed by atoms with van der Waals surface area (Å²) in [5, 5.41) is 1.76. The van der Waals surface area contributed by atoms with Gasteiger partial charge in [0.15, 0.2) is 0 Å². The molecule has 0 radical (unpaired) electrons. The van der Waals surface area contributed by atoms with Crippen LogP contribution in [0.4, 0.5) is 17.6 Å². The molecular formula is C8H11F4NO. The minimum absolute atomic E-state index is 0.241. The zero-order valence-corrected chi connectivity index (χ0v) is 7.57. The Bertz CT molecular complexity index is 217. The van der Waals surface area contributed by atoms with Crippen molar-refractivity contribution in [1.82, 2.24) is 5.32 Å². The lowest BCUT2D eigenvalue weighted by molar-refractivity contribution is -0.170. The van der Waals surface area contributed by atoms with Crippen molar-refractivity contribution < 1.29 is 22.4 Å². The molecule has 0 rings (SSSR count). The minimum Gasteiger partial charge on any atom is -0.348 e. The van der Waals surface area contributed by atoms with E-state index in [9.17, 15) is 22.4 Å². The Morgan fingerprint density at radius 1 is 1.57 bits per heavy atom. The standard InChI is InChI=1S/C8H11F4NO/c1-3-4-5(2)13-7(14)8(11,12)6(9)10/h3,5-6H,1,4H2,2H3,(H,13,14). The first-order valence-corrected chi connectivity index (χ1v) is 3.90. The van der Waals surface area contributed by atoms with Crippen LogP contribution >= 0.6 is 0 Å². The van der Waals surface area contributed by atoms with Crippen molar-refractivity contribution >= 4 is 5.91 Å². The monoisotopic (exact) mass is 213 g/mol. The molecule has 0 fully saturated rings. The number of amides is 1. The molecule has 0 saturated carbocycles. The maximum Gasteiger partial charge on any atom is 0.383 e. The Balaban J connectivity index is 4.26. The lowest BCUT2D eigenvalue weighted by atomic mass is 10.2.